The molecular weight excluding hydrogens is 299 g/mol. The minimum Gasteiger partial charge on any atom is -0.387 e. The summed E-state index contributed by atoms with van der Waals surface area (Å²) in [5.74, 6) is -0.247. The summed E-state index contributed by atoms with van der Waals surface area (Å²) >= 11 is 5.53. The van der Waals surface area contributed by atoms with Gasteiger partial charge >= 0.3 is 7.75 Å². The summed E-state index contributed by atoms with van der Waals surface area (Å²) in [5, 5.41) is 22.3. The van der Waals surface area contributed by atoms with E-state index in [1.165, 1.54) is 24.3 Å². The first-order valence-corrected chi connectivity index (χ1v) is 7.21. The summed E-state index contributed by atoms with van der Waals surface area (Å²) < 4.78 is 10.8. The van der Waals surface area contributed by atoms with Gasteiger partial charge in [-0.2, -0.15) is 0 Å². The van der Waals surface area contributed by atoms with Crippen molar-refractivity contribution in [1.29, 1.82) is 0 Å². The second kappa shape index (κ2) is 6.42. The van der Waals surface area contributed by atoms with Gasteiger partial charge in [-0.25, -0.2) is 9.65 Å². The molecule has 1 aromatic carbocycles. The van der Waals surface area contributed by atoms with Crippen LogP contribution in [0.5, 0.6) is 0 Å². The number of non-ortho nitro benzene ring substituents is 1. The van der Waals surface area contributed by atoms with Crippen LogP contribution < -0.4 is 5.09 Å². The molecule has 0 aliphatic heterocycles. The van der Waals surface area contributed by atoms with Gasteiger partial charge < -0.3 is 14.9 Å². The summed E-state index contributed by atoms with van der Waals surface area (Å²) in [5.41, 5.74) is 0.110. The van der Waals surface area contributed by atoms with Gasteiger partial charge in [0.2, 0.25) is 0 Å². The first-order chi connectivity index (χ1) is 8.74. The monoisotopic (exact) mass is 310 g/mol. The Morgan fingerprint density at radius 3 is 2.26 bits per heavy atom. The van der Waals surface area contributed by atoms with Gasteiger partial charge in [-0.15, -0.1) is 11.6 Å². The number of hydrogen-bond acceptors (Lipinski definition) is 4. The average Bonchev–Trinajstić information content (AvgIpc) is 2.34. The molecule has 1 rings (SSSR count). The maximum Gasteiger partial charge on any atom is 0.400 e. The average molecular weight is 311 g/mol. The first kappa shape index (κ1) is 16.0. The van der Waals surface area contributed by atoms with E-state index in [0.29, 0.717) is 0 Å². The van der Waals surface area contributed by atoms with Crippen LogP contribution in [-0.2, 0) is 4.57 Å². The van der Waals surface area contributed by atoms with Crippen LogP contribution in [0.1, 0.15) is 11.7 Å². The summed E-state index contributed by atoms with van der Waals surface area (Å²) in [4.78, 5) is 27.4. The van der Waals surface area contributed by atoms with Gasteiger partial charge in [0.05, 0.1) is 17.1 Å². The van der Waals surface area contributed by atoms with E-state index in [0.717, 1.165) is 0 Å². The second-order valence-electron chi connectivity index (χ2n) is 3.73. The Kier molecular flexibility index (Phi) is 5.42. The fourth-order valence-electron chi connectivity index (χ4n) is 1.43. The number of aliphatic hydroxyl groups excluding tert-OH is 1. The van der Waals surface area contributed by atoms with Crippen molar-refractivity contribution in [3.8, 4) is 0 Å². The van der Waals surface area contributed by atoms with Crippen LogP contribution in [0.25, 0.3) is 0 Å². The molecule has 4 N–H and O–H groups in total. The molecule has 0 amide bonds. The number of aliphatic hydroxyl groups is 1. The topological polar surface area (TPSA) is 133 Å². The van der Waals surface area contributed by atoms with Crippen molar-refractivity contribution in [1.82, 2.24) is 5.09 Å². The van der Waals surface area contributed by atoms with E-state index in [1.54, 1.807) is 0 Å². The summed E-state index contributed by atoms with van der Waals surface area (Å²) in [6.45, 7) is 0. The highest BCUT2D eigenvalue weighted by molar-refractivity contribution is 7.49. The van der Waals surface area contributed by atoms with Gasteiger partial charge in [0.25, 0.3) is 5.69 Å². The molecule has 0 aromatic heterocycles. The Morgan fingerprint density at radius 2 is 1.89 bits per heavy atom. The number of nitro groups is 1. The van der Waals surface area contributed by atoms with Crippen LogP contribution in [-0.4, -0.2) is 31.7 Å². The van der Waals surface area contributed by atoms with E-state index in [1.807, 2.05) is 5.09 Å². The van der Waals surface area contributed by atoms with Gasteiger partial charge in [0.15, 0.2) is 0 Å². The Morgan fingerprint density at radius 1 is 1.37 bits per heavy atom. The van der Waals surface area contributed by atoms with Crippen LogP contribution in [0.15, 0.2) is 24.3 Å². The fraction of sp³-hybridized carbons (Fsp3) is 0.333. The van der Waals surface area contributed by atoms with Crippen LogP contribution in [0.4, 0.5) is 5.69 Å². The quantitative estimate of drug-likeness (QED) is 0.266. The fourth-order valence-corrected chi connectivity index (χ4v) is 2.45. The molecule has 0 heterocycles. The molecule has 0 aliphatic rings. The normalized spacial score (nSPS) is 14.9. The van der Waals surface area contributed by atoms with Crippen molar-refractivity contribution in [2.75, 3.05) is 5.88 Å². The molecule has 19 heavy (non-hydrogen) atoms. The number of rotatable bonds is 6. The minimum absolute atomic E-state index is 0.152. The lowest BCUT2D eigenvalue weighted by Crippen LogP contribution is -2.34. The van der Waals surface area contributed by atoms with Crippen LogP contribution in [0.3, 0.4) is 0 Å². The zero-order chi connectivity index (χ0) is 14.6. The molecule has 0 saturated heterocycles. The van der Waals surface area contributed by atoms with Crippen LogP contribution >= 0.6 is 19.3 Å². The maximum atomic E-state index is 10.8. The number of benzene rings is 1. The smallest absolute Gasteiger partial charge is 0.387 e. The lowest BCUT2D eigenvalue weighted by Gasteiger charge is -2.22. The van der Waals surface area contributed by atoms with E-state index in [2.05, 4.69) is 0 Å². The second-order valence-corrected chi connectivity index (χ2v) is 5.38. The van der Waals surface area contributed by atoms with E-state index < -0.39 is 24.8 Å². The molecule has 0 fully saturated rings. The zero-order valence-electron chi connectivity index (χ0n) is 9.51. The number of nitrogens with zero attached hydrogens (tertiary/aromatic N) is 1. The molecule has 0 radical (unpaired) electrons. The molecule has 8 nitrogen and oxygen atoms in total. The summed E-state index contributed by atoms with van der Waals surface area (Å²) in [7, 11) is -4.54. The highest BCUT2D eigenvalue weighted by Gasteiger charge is 2.27. The van der Waals surface area contributed by atoms with Gasteiger partial charge in [-0.05, 0) is 17.7 Å². The van der Waals surface area contributed by atoms with Crippen molar-refractivity contribution in [3.05, 3.63) is 39.9 Å². The van der Waals surface area contributed by atoms with Crippen molar-refractivity contribution in [3.63, 3.8) is 0 Å². The van der Waals surface area contributed by atoms with E-state index in [-0.39, 0.29) is 17.1 Å². The predicted octanol–water partition coefficient (Wildman–Crippen LogP) is 0.918. The number of nitro benzene ring substituents is 1. The lowest BCUT2D eigenvalue weighted by atomic mass is 10.0. The van der Waals surface area contributed by atoms with Gasteiger partial charge in [0, 0.05) is 18.0 Å². The lowest BCUT2D eigenvalue weighted by molar-refractivity contribution is -0.384. The van der Waals surface area contributed by atoms with Crippen molar-refractivity contribution >= 4 is 25.0 Å². The van der Waals surface area contributed by atoms with Crippen LogP contribution in [0, 0.1) is 10.1 Å². The van der Waals surface area contributed by atoms with E-state index in [4.69, 9.17) is 21.4 Å². The van der Waals surface area contributed by atoms with Gasteiger partial charge in [-0.3, -0.25) is 10.1 Å². The third-order valence-corrected chi connectivity index (χ3v) is 3.33. The van der Waals surface area contributed by atoms with Crippen molar-refractivity contribution < 1.29 is 24.4 Å². The number of hydrogen-bond donors (Lipinski definition) is 4. The van der Waals surface area contributed by atoms with Gasteiger partial charge in [0.1, 0.15) is 0 Å². The van der Waals surface area contributed by atoms with E-state index in [9.17, 15) is 19.8 Å². The van der Waals surface area contributed by atoms with Crippen molar-refractivity contribution in [2.24, 2.45) is 0 Å². The molecule has 1 aromatic rings. The SMILES string of the molecule is O=[N+]([O-])c1ccc(C(O)C(CCl)NP(=O)(O)O)cc1. The standard InChI is InChI=1S/C9H12ClN2O6P/c10-5-8(11-19(16,17)18)9(13)6-1-3-7(4-2-6)12(14)15/h1-4,8-9,13H,5H2,(H3,11,16,17,18). The Balaban J connectivity index is 2.88. The number of alkyl halides is 1. The summed E-state index contributed by atoms with van der Waals surface area (Å²) in [6, 6.07) is 3.87. The molecule has 0 saturated carbocycles. The molecule has 106 valence electrons. The Bertz CT molecular complexity index is 490. The zero-order valence-corrected chi connectivity index (χ0v) is 11.2. The van der Waals surface area contributed by atoms with Crippen molar-refractivity contribution in [2.45, 2.75) is 12.1 Å². The molecule has 0 aliphatic carbocycles. The molecule has 10 heteroatoms. The number of nitrogens with one attached hydrogen (secondary N) is 1. The van der Waals surface area contributed by atoms with Crippen LogP contribution in [0.2, 0.25) is 0 Å². The third kappa shape index (κ3) is 4.87. The first-order valence-electron chi connectivity index (χ1n) is 5.06. The Labute approximate surface area is 113 Å². The Hall–Kier alpha value is -1.02. The van der Waals surface area contributed by atoms with E-state index >= 15 is 0 Å². The largest absolute Gasteiger partial charge is 0.400 e. The maximum absolute atomic E-state index is 10.8. The number of halogens is 1. The molecule has 0 spiro atoms. The summed E-state index contributed by atoms with van der Waals surface area (Å²) in [6.07, 6.45) is -1.30. The minimum atomic E-state index is -4.54. The molecular formula is C9H12ClN2O6P. The third-order valence-electron chi connectivity index (χ3n) is 2.33. The molecule has 2 atom stereocenters. The molecule has 2 unspecified atom stereocenters. The molecule has 0 bridgehead atoms. The highest BCUT2D eigenvalue weighted by Crippen LogP contribution is 2.32. The highest BCUT2D eigenvalue weighted by atomic mass is 35.5. The van der Waals surface area contributed by atoms with Gasteiger partial charge in [-0.1, -0.05) is 0 Å². The predicted molar refractivity (Wildman–Crippen MR) is 67.7 cm³/mol.